The molecule has 0 radical (unpaired) electrons. The van der Waals surface area contributed by atoms with Crippen LogP contribution in [0.2, 0.25) is 0 Å². The quantitative estimate of drug-likeness (QED) is 0.911. The van der Waals surface area contributed by atoms with Gasteiger partial charge in [-0.1, -0.05) is 6.07 Å². The van der Waals surface area contributed by atoms with Crippen molar-refractivity contribution in [1.82, 2.24) is 5.32 Å². The second-order valence-corrected chi connectivity index (χ2v) is 4.97. The first-order chi connectivity index (χ1) is 10.1. The predicted molar refractivity (Wildman–Crippen MR) is 78.1 cm³/mol. The number of aryl methyl sites for hydroxylation is 1. The number of halogens is 1. The van der Waals surface area contributed by atoms with Crippen LogP contribution >= 0.6 is 0 Å². The predicted octanol–water partition coefficient (Wildman–Crippen LogP) is 3.14. The minimum Gasteiger partial charge on any atom is -0.457 e. The fourth-order valence-corrected chi connectivity index (χ4v) is 2.45. The summed E-state index contributed by atoms with van der Waals surface area (Å²) in [5, 5.41) is 5.77. The number of likely N-dealkylation sites (N-methyl/N-ethyl adjacent to an activating group) is 1. The van der Waals surface area contributed by atoms with Crippen molar-refractivity contribution in [3.63, 3.8) is 0 Å². The van der Waals surface area contributed by atoms with Gasteiger partial charge in [0.15, 0.2) is 0 Å². The fourth-order valence-electron chi connectivity index (χ4n) is 2.45. The van der Waals surface area contributed by atoms with Crippen LogP contribution in [0.25, 0.3) is 0 Å². The van der Waals surface area contributed by atoms with E-state index in [0.717, 1.165) is 11.3 Å². The highest BCUT2D eigenvalue weighted by Gasteiger charge is 2.29. The van der Waals surface area contributed by atoms with E-state index >= 15 is 0 Å². The number of hydrogen-bond donors (Lipinski definition) is 2. The van der Waals surface area contributed by atoms with E-state index in [1.165, 1.54) is 12.1 Å². The maximum Gasteiger partial charge on any atom is 0.246 e. The summed E-state index contributed by atoms with van der Waals surface area (Å²) >= 11 is 0. The maximum absolute atomic E-state index is 13.1. The molecule has 1 aliphatic heterocycles. The van der Waals surface area contributed by atoms with E-state index in [9.17, 15) is 9.18 Å². The zero-order valence-electron chi connectivity index (χ0n) is 11.7. The van der Waals surface area contributed by atoms with Gasteiger partial charge in [0.25, 0.3) is 0 Å². The molecule has 1 aliphatic rings. The topological polar surface area (TPSA) is 50.4 Å². The molecule has 1 heterocycles. The summed E-state index contributed by atoms with van der Waals surface area (Å²) < 4.78 is 18.8. The number of fused-ring (bicyclic) bond motifs is 1. The fraction of sp³-hybridized carbons (Fsp3) is 0.188. The van der Waals surface area contributed by atoms with Crippen molar-refractivity contribution in [1.29, 1.82) is 0 Å². The first-order valence-electron chi connectivity index (χ1n) is 6.64. The van der Waals surface area contributed by atoms with E-state index in [-0.39, 0.29) is 17.8 Å². The van der Waals surface area contributed by atoms with Gasteiger partial charge in [0.1, 0.15) is 23.4 Å². The lowest BCUT2D eigenvalue weighted by Crippen LogP contribution is -2.23. The largest absolute Gasteiger partial charge is 0.457 e. The van der Waals surface area contributed by atoms with Gasteiger partial charge in [0, 0.05) is 17.3 Å². The molecule has 5 heteroatoms. The summed E-state index contributed by atoms with van der Waals surface area (Å²) in [6.07, 6.45) is 0. The third-order valence-electron chi connectivity index (χ3n) is 3.51. The van der Waals surface area contributed by atoms with Crippen molar-refractivity contribution < 1.29 is 13.9 Å². The van der Waals surface area contributed by atoms with Gasteiger partial charge in [-0.2, -0.15) is 0 Å². The number of amides is 1. The first-order valence-corrected chi connectivity index (χ1v) is 6.64. The summed E-state index contributed by atoms with van der Waals surface area (Å²) in [5.74, 6) is 0.812. The van der Waals surface area contributed by atoms with Gasteiger partial charge in [-0.05, 0) is 43.8 Å². The molecule has 2 N–H and O–H groups in total. The van der Waals surface area contributed by atoms with Gasteiger partial charge in [-0.15, -0.1) is 0 Å². The van der Waals surface area contributed by atoms with Crippen molar-refractivity contribution in [3.05, 3.63) is 53.3 Å². The molecular formula is C16H15FN2O2. The monoisotopic (exact) mass is 286 g/mol. The molecule has 0 saturated carbocycles. The van der Waals surface area contributed by atoms with E-state index in [2.05, 4.69) is 10.6 Å². The molecule has 0 fully saturated rings. The molecule has 3 rings (SSSR count). The average molecular weight is 286 g/mol. The Kier molecular flexibility index (Phi) is 3.35. The molecule has 0 aliphatic carbocycles. The summed E-state index contributed by atoms with van der Waals surface area (Å²) in [6, 6.07) is 9.45. The average Bonchev–Trinajstić information content (AvgIpc) is 2.76. The Bertz CT molecular complexity index is 715. The SMILES string of the molecule is CNC1C(=O)Nc2cc(Oc3ccc(F)cc3C)ccc21. The van der Waals surface area contributed by atoms with Gasteiger partial charge in [-0.25, -0.2) is 4.39 Å². The maximum atomic E-state index is 13.1. The van der Waals surface area contributed by atoms with Gasteiger partial charge in [-0.3, -0.25) is 4.79 Å². The van der Waals surface area contributed by atoms with Crippen molar-refractivity contribution in [2.45, 2.75) is 13.0 Å². The second-order valence-electron chi connectivity index (χ2n) is 4.97. The van der Waals surface area contributed by atoms with E-state index in [4.69, 9.17) is 4.74 Å². The van der Waals surface area contributed by atoms with Gasteiger partial charge in [0.05, 0.1) is 0 Å². The van der Waals surface area contributed by atoms with Gasteiger partial charge < -0.3 is 15.4 Å². The highest BCUT2D eigenvalue weighted by Crippen LogP contribution is 2.35. The minimum atomic E-state index is -0.332. The molecular weight excluding hydrogens is 271 g/mol. The first kappa shape index (κ1) is 13.6. The van der Waals surface area contributed by atoms with Crippen molar-refractivity contribution >= 4 is 11.6 Å². The molecule has 1 unspecified atom stereocenters. The third-order valence-corrected chi connectivity index (χ3v) is 3.51. The Morgan fingerprint density at radius 2 is 2.05 bits per heavy atom. The molecule has 21 heavy (non-hydrogen) atoms. The van der Waals surface area contributed by atoms with E-state index in [0.29, 0.717) is 17.1 Å². The van der Waals surface area contributed by atoms with Crippen molar-refractivity contribution in [2.75, 3.05) is 12.4 Å². The Balaban J connectivity index is 1.89. The molecule has 1 atom stereocenters. The zero-order valence-corrected chi connectivity index (χ0v) is 11.7. The van der Waals surface area contributed by atoms with Crippen LogP contribution in [0.3, 0.4) is 0 Å². The number of ether oxygens (including phenoxy) is 1. The van der Waals surface area contributed by atoms with Crippen LogP contribution in [0.15, 0.2) is 36.4 Å². The molecule has 2 aromatic rings. The minimum absolute atomic E-state index is 0.0809. The Hall–Kier alpha value is -2.40. The lowest BCUT2D eigenvalue weighted by Gasteiger charge is -2.11. The number of nitrogens with one attached hydrogen (secondary N) is 2. The van der Waals surface area contributed by atoms with Crippen LogP contribution in [0.1, 0.15) is 17.2 Å². The second kappa shape index (κ2) is 5.18. The molecule has 0 saturated heterocycles. The van der Waals surface area contributed by atoms with Crippen LogP contribution in [-0.4, -0.2) is 13.0 Å². The molecule has 108 valence electrons. The summed E-state index contributed by atoms with van der Waals surface area (Å²) in [7, 11) is 1.74. The molecule has 2 aromatic carbocycles. The van der Waals surface area contributed by atoms with E-state index in [1.807, 2.05) is 6.07 Å². The summed E-state index contributed by atoms with van der Waals surface area (Å²) in [4.78, 5) is 11.8. The Morgan fingerprint density at radius 3 is 2.76 bits per heavy atom. The number of benzene rings is 2. The number of hydrogen-bond acceptors (Lipinski definition) is 3. The third kappa shape index (κ3) is 2.48. The van der Waals surface area contributed by atoms with Gasteiger partial charge in [0.2, 0.25) is 5.91 Å². The summed E-state index contributed by atoms with van der Waals surface area (Å²) in [6.45, 7) is 1.78. The number of rotatable bonds is 3. The molecule has 1 amide bonds. The highest BCUT2D eigenvalue weighted by molar-refractivity contribution is 6.02. The Labute approximate surface area is 121 Å². The highest BCUT2D eigenvalue weighted by atomic mass is 19.1. The van der Waals surface area contributed by atoms with Crippen LogP contribution in [-0.2, 0) is 4.79 Å². The van der Waals surface area contributed by atoms with Crippen LogP contribution in [0.4, 0.5) is 10.1 Å². The van der Waals surface area contributed by atoms with E-state index in [1.54, 1.807) is 32.2 Å². The molecule has 0 spiro atoms. The lowest BCUT2D eigenvalue weighted by molar-refractivity contribution is -0.117. The summed E-state index contributed by atoms with van der Waals surface area (Å²) in [5.41, 5.74) is 2.34. The van der Waals surface area contributed by atoms with Crippen molar-refractivity contribution in [3.8, 4) is 11.5 Å². The smallest absolute Gasteiger partial charge is 0.246 e. The van der Waals surface area contributed by atoms with E-state index < -0.39 is 0 Å². The molecule has 4 nitrogen and oxygen atoms in total. The number of anilines is 1. The normalized spacial score (nSPS) is 16.5. The van der Waals surface area contributed by atoms with Crippen LogP contribution < -0.4 is 15.4 Å². The standard InChI is InChI=1S/C16H15FN2O2/c1-9-7-10(17)3-6-14(9)21-11-4-5-12-13(8-11)19-16(20)15(12)18-2/h3-8,15,18H,1-2H3,(H,19,20). The number of carbonyl (C=O) groups excluding carboxylic acids is 1. The zero-order chi connectivity index (χ0) is 15.0. The lowest BCUT2D eigenvalue weighted by atomic mass is 10.1. The number of carbonyl (C=O) groups is 1. The van der Waals surface area contributed by atoms with Gasteiger partial charge >= 0.3 is 0 Å². The molecule has 0 bridgehead atoms. The van der Waals surface area contributed by atoms with Crippen LogP contribution in [0, 0.1) is 12.7 Å². The molecule has 0 aromatic heterocycles. The Morgan fingerprint density at radius 1 is 1.24 bits per heavy atom. The van der Waals surface area contributed by atoms with Crippen LogP contribution in [0.5, 0.6) is 11.5 Å². The van der Waals surface area contributed by atoms with Crippen molar-refractivity contribution in [2.24, 2.45) is 0 Å².